The Hall–Kier alpha value is -3.81. The Bertz CT molecular complexity index is 1130. The lowest BCUT2D eigenvalue weighted by atomic mass is 9.83. The van der Waals surface area contributed by atoms with Crippen LogP contribution in [0.1, 0.15) is 41.5 Å². The number of hydrogen-bond donors (Lipinski definition) is 0. The van der Waals surface area contributed by atoms with Crippen molar-refractivity contribution in [2.75, 3.05) is 19.1 Å². The van der Waals surface area contributed by atoms with Gasteiger partial charge in [-0.15, -0.1) is 0 Å². The molecule has 4 rings (SSSR count). The van der Waals surface area contributed by atoms with Crippen molar-refractivity contribution in [2.24, 2.45) is 5.92 Å². The van der Waals surface area contributed by atoms with Crippen LogP contribution in [0, 0.1) is 19.8 Å². The van der Waals surface area contributed by atoms with E-state index in [1.54, 1.807) is 38.2 Å². The summed E-state index contributed by atoms with van der Waals surface area (Å²) in [5.41, 5.74) is 2.96. The quantitative estimate of drug-likeness (QED) is 0.474. The molecule has 0 aliphatic carbocycles. The summed E-state index contributed by atoms with van der Waals surface area (Å²) in [5, 5.41) is 3.92. The number of rotatable bonds is 7. The molecular weight excluding hydrogens is 436 g/mol. The number of hydrogen-bond acceptors (Lipinski definition) is 7. The van der Waals surface area contributed by atoms with Gasteiger partial charge in [0, 0.05) is 12.1 Å². The van der Waals surface area contributed by atoms with Crippen LogP contribution in [0.15, 0.2) is 53.1 Å². The first-order chi connectivity index (χ1) is 16.4. The number of aryl methyl sites for hydroxylation is 2. The van der Waals surface area contributed by atoms with Gasteiger partial charge in [0.15, 0.2) is 0 Å². The van der Waals surface area contributed by atoms with Crippen LogP contribution in [0.25, 0.3) is 0 Å². The number of carbonyl (C=O) groups excluding carboxylic acids is 2. The smallest absolute Gasteiger partial charge is 0.311 e. The number of esters is 1. The van der Waals surface area contributed by atoms with E-state index in [4.69, 9.17) is 18.7 Å². The van der Waals surface area contributed by atoms with Crippen LogP contribution < -0.4 is 14.4 Å². The highest BCUT2D eigenvalue weighted by Gasteiger charge is 2.42. The summed E-state index contributed by atoms with van der Waals surface area (Å²) >= 11 is 0. The Morgan fingerprint density at radius 1 is 1.03 bits per heavy atom. The monoisotopic (exact) mass is 464 g/mol. The molecule has 3 aromatic rings. The highest BCUT2D eigenvalue weighted by Crippen LogP contribution is 2.41. The molecule has 2 atom stereocenters. The molecule has 1 aliphatic rings. The number of ether oxygens (including phenoxy) is 3. The van der Waals surface area contributed by atoms with Crippen molar-refractivity contribution >= 4 is 17.6 Å². The van der Waals surface area contributed by atoms with E-state index in [-0.39, 0.29) is 24.9 Å². The van der Waals surface area contributed by atoms with Crippen molar-refractivity contribution in [2.45, 2.75) is 39.3 Å². The van der Waals surface area contributed by atoms with Gasteiger partial charge in [0.25, 0.3) is 0 Å². The van der Waals surface area contributed by atoms with E-state index in [0.29, 0.717) is 35.1 Å². The topological polar surface area (TPSA) is 91.1 Å². The number of nitrogens with zero attached hydrogens (tertiary/aromatic N) is 2. The number of aromatic nitrogens is 1. The summed E-state index contributed by atoms with van der Waals surface area (Å²) in [5.74, 6) is 1.03. The molecule has 1 amide bonds. The van der Waals surface area contributed by atoms with Crippen molar-refractivity contribution < 1.29 is 28.3 Å². The van der Waals surface area contributed by atoms with Crippen LogP contribution in [-0.2, 0) is 20.9 Å². The van der Waals surface area contributed by atoms with Crippen molar-refractivity contribution in [1.82, 2.24) is 5.16 Å². The summed E-state index contributed by atoms with van der Waals surface area (Å²) in [6, 6.07) is 14.1. The second kappa shape index (κ2) is 9.99. The molecule has 1 saturated heterocycles. The maximum atomic E-state index is 13.4. The first kappa shape index (κ1) is 23.4. The predicted molar refractivity (Wildman–Crippen MR) is 125 cm³/mol. The van der Waals surface area contributed by atoms with Crippen molar-refractivity contribution in [3.05, 3.63) is 71.1 Å². The Balaban J connectivity index is 1.68. The van der Waals surface area contributed by atoms with E-state index in [1.807, 2.05) is 43.3 Å². The van der Waals surface area contributed by atoms with Crippen LogP contribution in [0.5, 0.6) is 11.5 Å². The van der Waals surface area contributed by atoms with E-state index < -0.39 is 12.0 Å². The van der Waals surface area contributed by atoms with Crippen molar-refractivity contribution in [3.63, 3.8) is 0 Å². The molecule has 8 heteroatoms. The lowest BCUT2D eigenvalue weighted by Crippen LogP contribution is -2.46. The molecule has 8 nitrogen and oxygen atoms in total. The Labute approximate surface area is 198 Å². The molecular formula is C26H28N2O6. The second-order valence-electron chi connectivity index (χ2n) is 8.24. The maximum absolute atomic E-state index is 13.4. The molecule has 1 aliphatic heterocycles. The molecule has 2 unspecified atom stereocenters. The van der Waals surface area contributed by atoms with Gasteiger partial charge in [-0.1, -0.05) is 17.3 Å². The van der Waals surface area contributed by atoms with Crippen LogP contribution in [0.2, 0.25) is 0 Å². The molecule has 1 aromatic heterocycles. The lowest BCUT2D eigenvalue weighted by molar-refractivity contribution is -0.152. The minimum absolute atomic E-state index is 0.0549. The lowest BCUT2D eigenvalue weighted by Gasteiger charge is -2.40. The molecule has 178 valence electrons. The molecule has 0 N–H and O–H groups in total. The average molecular weight is 465 g/mol. The number of anilines is 1. The zero-order chi connectivity index (χ0) is 24.2. The van der Waals surface area contributed by atoms with Gasteiger partial charge < -0.3 is 23.6 Å². The fourth-order valence-electron chi connectivity index (χ4n) is 4.33. The van der Waals surface area contributed by atoms with E-state index in [1.165, 1.54) is 0 Å². The van der Waals surface area contributed by atoms with Crippen LogP contribution in [-0.4, -0.2) is 31.3 Å². The molecule has 0 spiro atoms. The van der Waals surface area contributed by atoms with Gasteiger partial charge in [-0.05, 0) is 62.2 Å². The van der Waals surface area contributed by atoms with Gasteiger partial charge in [-0.25, -0.2) is 0 Å². The summed E-state index contributed by atoms with van der Waals surface area (Å²) in [4.78, 5) is 28.2. The van der Waals surface area contributed by atoms with Crippen LogP contribution in [0.3, 0.4) is 0 Å². The number of benzene rings is 2. The van der Waals surface area contributed by atoms with E-state index in [0.717, 1.165) is 11.1 Å². The summed E-state index contributed by atoms with van der Waals surface area (Å²) in [6.07, 6.45) is 0.631. The van der Waals surface area contributed by atoms with Gasteiger partial charge in [0.1, 0.15) is 23.9 Å². The Kier molecular flexibility index (Phi) is 6.86. The molecule has 2 aromatic carbocycles. The number of carbonyl (C=O) groups is 2. The summed E-state index contributed by atoms with van der Waals surface area (Å²) in [6.45, 7) is 3.67. The molecule has 0 radical (unpaired) electrons. The fourth-order valence-corrected chi connectivity index (χ4v) is 4.33. The number of piperidine rings is 1. The van der Waals surface area contributed by atoms with Crippen molar-refractivity contribution in [1.29, 1.82) is 0 Å². The first-order valence-electron chi connectivity index (χ1n) is 11.1. The van der Waals surface area contributed by atoms with E-state index >= 15 is 0 Å². The molecule has 1 fully saturated rings. The molecule has 0 bridgehead atoms. The Morgan fingerprint density at radius 2 is 1.65 bits per heavy atom. The number of amides is 1. The first-order valence-corrected chi connectivity index (χ1v) is 11.1. The van der Waals surface area contributed by atoms with Crippen LogP contribution >= 0.6 is 0 Å². The third-order valence-corrected chi connectivity index (χ3v) is 6.25. The van der Waals surface area contributed by atoms with E-state index in [2.05, 4.69) is 5.16 Å². The molecule has 0 saturated carbocycles. The normalized spacial score (nSPS) is 18.0. The number of methoxy groups -OCH3 is 2. The SMILES string of the molecule is COc1ccc(C2C(C(=O)OCc3c(C)noc3C)CCC(=O)N2c2ccc(OC)cc2)cc1. The van der Waals surface area contributed by atoms with Crippen molar-refractivity contribution in [3.8, 4) is 11.5 Å². The van der Waals surface area contributed by atoms with E-state index in [9.17, 15) is 9.59 Å². The van der Waals surface area contributed by atoms with Gasteiger partial charge >= 0.3 is 5.97 Å². The van der Waals surface area contributed by atoms with Gasteiger partial charge in [-0.3, -0.25) is 9.59 Å². The van der Waals surface area contributed by atoms with Gasteiger partial charge in [-0.2, -0.15) is 0 Å². The zero-order valence-corrected chi connectivity index (χ0v) is 19.7. The molecule has 2 heterocycles. The average Bonchev–Trinajstić information content (AvgIpc) is 3.19. The summed E-state index contributed by atoms with van der Waals surface area (Å²) < 4.78 is 21.4. The van der Waals surface area contributed by atoms with Crippen LogP contribution in [0.4, 0.5) is 5.69 Å². The van der Waals surface area contributed by atoms with Gasteiger partial charge in [0.05, 0.1) is 37.4 Å². The zero-order valence-electron chi connectivity index (χ0n) is 19.7. The third-order valence-electron chi connectivity index (χ3n) is 6.25. The maximum Gasteiger partial charge on any atom is 0.311 e. The highest BCUT2D eigenvalue weighted by molar-refractivity contribution is 5.97. The third kappa shape index (κ3) is 4.62. The molecule has 34 heavy (non-hydrogen) atoms. The minimum atomic E-state index is -0.548. The highest BCUT2D eigenvalue weighted by atomic mass is 16.5. The predicted octanol–water partition coefficient (Wildman–Crippen LogP) is 4.54. The summed E-state index contributed by atoms with van der Waals surface area (Å²) in [7, 11) is 3.18. The fraction of sp³-hybridized carbons (Fsp3) is 0.346. The Morgan fingerprint density at radius 3 is 2.21 bits per heavy atom. The van der Waals surface area contributed by atoms with Gasteiger partial charge in [0.2, 0.25) is 5.91 Å². The minimum Gasteiger partial charge on any atom is -0.497 e. The largest absolute Gasteiger partial charge is 0.497 e. The second-order valence-corrected chi connectivity index (χ2v) is 8.24. The standard InChI is InChI=1S/C26H28N2O6/c1-16-23(17(2)34-27-16)15-33-26(30)22-13-14-24(29)28(19-7-11-21(32-4)12-8-19)25(22)18-5-9-20(31-3)10-6-18/h5-12,22,25H,13-15H2,1-4H3.